The Bertz CT molecular complexity index is 641. The first-order chi connectivity index (χ1) is 11.8. The molecule has 24 heavy (non-hydrogen) atoms. The van der Waals surface area contributed by atoms with E-state index in [1.807, 2.05) is 24.4 Å². The van der Waals surface area contributed by atoms with Gasteiger partial charge in [-0.2, -0.15) is 0 Å². The van der Waals surface area contributed by atoms with Crippen molar-refractivity contribution in [3.8, 4) is 0 Å². The Hall–Kier alpha value is -1.75. The summed E-state index contributed by atoms with van der Waals surface area (Å²) >= 11 is 0. The predicted octanol–water partition coefficient (Wildman–Crippen LogP) is 3.03. The van der Waals surface area contributed by atoms with Crippen LogP contribution in [0.25, 0.3) is 0 Å². The Morgan fingerprint density at radius 3 is 2.79 bits per heavy atom. The molecule has 2 atom stereocenters. The topological polar surface area (TPSA) is 34.6 Å². The number of ether oxygens (including phenoxy) is 2. The minimum absolute atomic E-state index is 0.129. The summed E-state index contributed by atoms with van der Waals surface area (Å²) in [5, 5.41) is 0. The van der Waals surface area contributed by atoms with Crippen molar-refractivity contribution in [1.29, 1.82) is 0 Å². The maximum atomic E-state index is 6.31. The number of pyridine rings is 1. The van der Waals surface area contributed by atoms with Crippen molar-refractivity contribution in [3.63, 3.8) is 0 Å². The highest BCUT2D eigenvalue weighted by Crippen LogP contribution is 2.37. The lowest BCUT2D eigenvalue weighted by Crippen LogP contribution is -2.42. The largest absolute Gasteiger partial charge is 0.371 e. The van der Waals surface area contributed by atoms with Gasteiger partial charge >= 0.3 is 0 Å². The van der Waals surface area contributed by atoms with E-state index in [1.165, 1.54) is 5.56 Å². The minimum atomic E-state index is -0.135. The lowest BCUT2D eigenvalue weighted by atomic mass is 9.96. The molecule has 1 spiro atoms. The van der Waals surface area contributed by atoms with Gasteiger partial charge in [0.25, 0.3) is 0 Å². The van der Waals surface area contributed by atoms with Crippen LogP contribution in [0.5, 0.6) is 0 Å². The molecule has 2 aliphatic heterocycles. The number of aromatic nitrogens is 1. The highest BCUT2D eigenvalue weighted by Gasteiger charge is 2.50. The molecule has 0 unspecified atom stereocenters. The number of hydrogen-bond acceptors (Lipinski definition) is 4. The van der Waals surface area contributed by atoms with E-state index in [4.69, 9.17) is 9.47 Å². The number of likely N-dealkylation sites (tertiary alicyclic amines) is 1. The Balaban J connectivity index is 1.43. The summed E-state index contributed by atoms with van der Waals surface area (Å²) < 4.78 is 12.5. The molecule has 1 aromatic carbocycles. The quantitative estimate of drug-likeness (QED) is 0.847. The van der Waals surface area contributed by atoms with Crippen molar-refractivity contribution < 1.29 is 9.47 Å². The van der Waals surface area contributed by atoms with Gasteiger partial charge in [0.1, 0.15) is 11.7 Å². The van der Waals surface area contributed by atoms with Crippen LogP contribution in [-0.2, 0) is 22.6 Å². The third-order valence-electron chi connectivity index (χ3n) is 5.04. The van der Waals surface area contributed by atoms with Gasteiger partial charge < -0.3 is 9.47 Å². The van der Waals surface area contributed by atoms with E-state index in [9.17, 15) is 0 Å². The van der Waals surface area contributed by atoms with Crippen LogP contribution in [0.4, 0.5) is 0 Å². The molecular weight excluding hydrogens is 300 g/mol. The fourth-order valence-corrected chi connectivity index (χ4v) is 3.86. The van der Waals surface area contributed by atoms with Gasteiger partial charge in [0.15, 0.2) is 0 Å². The number of rotatable bonds is 5. The van der Waals surface area contributed by atoms with Crippen LogP contribution in [0, 0.1) is 0 Å². The maximum Gasteiger partial charge on any atom is 0.108 e. The monoisotopic (exact) mass is 324 g/mol. The second-order valence-electron chi connectivity index (χ2n) is 6.79. The number of nitrogens with zero attached hydrogens (tertiary/aromatic N) is 2. The van der Waals surface area contributed by atoms with Crippen LogP contribution in [0.2, 0.25) is 0 Å². The molecule has 0 N–H and O–H groups in total. The van der Waals surface area contributed by atoms with Crippen molar-refractivity contribution in [3.05, 3.63) is 66.0 Å². The molecule has 4 heteroatoms. The Morgan fingerprint density at radius 2 is 2.04 bits per heavy atom. The Morgan fingerprint density at radius 1 is 1.17 bits per heavy atom. The summed E-state index contributed by atoms with van der Waals surface area (Å²) in [4.78, 5) is 6.87. The van der Waals surface area contributed by atoms with Gasteiger partial charge in [-0.1, -0.05) is 36.4 Å². The van der Waals surface area contributed by atoms with Gasteiger partial charge in [-0.15, -0.1) is 0 Å². The van der Waals surface area contributed by atoms with Crippen LogP contribution >= 0.6 is 0 Å². The normalized spacial score (nSPS) is 27.1. The Labute approximate surface area is 143 Å². The van der Waals surface area contributed by atoms with E-state index < -0.39 is 0 Å². The molecule has 2 saturated heterocycles. The molecule has 3 heterocycles. The smallest absolute Gasteiger partial charge is 0.108 e. The first-order valence-corrected chi connectivity index (χ1v) is 8.76. The second kappa shape index (κ2) is 7.01. The minimum Gasteiger partial charge on any atom is -0.371 e. The molecular formula is C20H24N2O2. The predicted molar refractivity (Wildman–Crippen MR) is 92.5 cm³/mol. The summed E-state index contributed by atoms with van der Waals surface area (Å²) in [5.41, 5.74) is 2.19. The zero-order valence-electron chi connectivity index (χ0n) is 13.9. The third-order valence-corrected chi connectivity index (χ3v) is 5.04. The summed E-state index contributed by atoms with van der Waals surface area (Å²) in [6.45, 7) is 4.19. The molecule has 4 rings (SSSR count). The Kier molecular flexibility index (Phi) is 4.60. The fraction of sp³-hybridized carbons (Fsp3) is 0.450. The van der Waals surface area contributed by atoms with E-state index >= 15 is 0 Å². The molecule has 0 radical (unpaired) electrons. The van der Waals surface area contributed by atoms with Crippen molar-refractivity contribution >= 4 is 0 Å². The second-order valence-corrected chi connectivity index (χ2v) is 6.79. The first-order valence-electron chi connectivity index (χ1n) is 8.76. The maximum absolute atomic E-state index is 6.31. The van der Waals surface area contributed by atoms with E-state index in [2.05, 4.69) is 40.2 Å². The van der Waals surface area contributed by atoms with Crippen LogP contribution < -0.4 is 0 Å². The van der Waals surface area contributed by atoms with E-state index in [1.54, 1.807) is 0 Å². The summed E-state index contributed by atoms with van der Waals surface area (Å²) in [7, 11) is 0. The highest BCUT2D eigenvalue weighted by molar-refractivity contribution is 5.14. The zero-order valence-corrected chi connectivity index (χ0v) is 13.9. The average Bonchev–Trinajstić information content (AvgIpc) is 3.22. The summed E-state index contributed by atoms with van der Waals surface area (Å²) in [6, 6.07) is 16.5. The van der Waals surface area contributed by atoms with Crippen LogP contribution in [0.1, 0.15) is 24.1 Å². The molecule has 0 amide bonds. The molecule has 2 aliphatic rings. The van der Waals surface area contributed by atoms with Gasteiger partial charge in [-0.05, 0) is 30.5 Å². The summed E-state index contributed by atoms with van der Waals surface area (Å²) in [5.74, 6) is 0. The zero-order chi connectivity index (χ0) is 16.2. The van der Waals surface area contributed by atoms with E-state index in [-0.39, 0.29) is 11.7 Å². The van der Waals surface area contributed by atoms with Gasteiger partial charge in [0.2, 0.25) is 0 Å². The standard InChI is InChI=1S/C20H24N2O2/c1-2-7-17(8-3-1)15-23-19-14-22(13-18-9-4-5-11-21-18)16-20(19)10-6-12-24-20/h1-5,7-9,11,19H,6,10,12-16H2/t19-,20-/m0/s1. The number of benzene rings is 1. The SMILES string of the molecule is c1ccc(CO[C@H]2CN(Cc3ccccn3)C[C@@]23CCCO3)cc1. The van der Waals surface area contributed by atoms with Crippen LogP contribution in [0.3, 0.4) is 0 Å². The molecule has 1 aromatic heterocycles. The number of hydrogen-bond donors (Lipinski definition) is 0. The average molecular weight is 324 g/mol. The van der Waals surface area contributed by atoms with Gasteiger partial charge in [0.05, 0.1) is 12.3 Å². The molecule has 0 aliphatic carbocycles. The van der Waals surface area contributed by atoms with Crippen molar-refractivity contribution in [2.75, 3.05) is 19.7 Å². The van der Waals surface area contributed by atoms with Crippen molar-refractivity contribution in [2.45, 2.75) is 37.7 Å². The molecule has 4 nitrogen and oxygen atoms in total. The lowest BCUT2D eigenvalue weighted by molar-refractivity contribution is -0.0959. The van der Waals surface area contributed by atoms with Gasteiger partial charge in [-0.3, -0.25) is 9.88 Å². The molecule has 2 aromatic rings. The highest BCUT2D eigenvalue weighted by atomic mass is 16.6. The molecule has 0 bridgehead atoms. The molecule has 2 fully saturated rings. The van der Waals surface area contributed by atoms with Crippen molar-refractivity contribution in [2.24, 2.45) is 0 Å². The van der Waals surface area contributed by atoms with Gasteiger partial charge in [0, 0.05) is 32.4 Å². The van der Waals surface area contributed by atoms with E-state index in [0.29, 0.717) is 6.61 Å². The van der Waals surface area contributed by atoms with E-state index in [0.717, 1.165) is 44.8 Å². The first kappa shape index (κ1) is 15.8. The van der Waals surface area contributed by atoms with Crippen molar-refractivity contribution in [1.82, 2.24) is 9.88 Å². The van der Waals surface area contributed by atoms with Gasteiger partial charge in [-0.25, -0.2) is 0 Å². The molecule has 0 saturated carbocycles. The lowest BCUT2D eigenvalue weighted by Gasteiger charge is -2.29. The molecule has 126 valence electrons. The van der Waals surface area contributed by atoms with Crippen LogP contribution in [0.15, 0.2) is 54.7 Å². The van der Waals surface area contributed by atoms with Crippen LogP contribution in [-0.4, -0.2) is 41.3 Å². The third kappa shape index (κ3) is 3.36. The fourth-order valence-electron chi connectivity index (χ4n) is 3.86. The summed E-state index contributed by atoms with van der Waals surface area (Å²) in [6.07, 6.45) is 4.20.